The van der Waals surface area contributed by atoms with Crippen LogP contribution in [-0.4, -0.2) is 45.3 Å². The van der Waals surface area contributed by atoms with Crippen molar-refractivity contribution in [1.29, 1.82) is 0 Å². The molecular weight excluding hydrogens is 244 g/mol. The van der Waals surface area contributed by atoms with Gasteiger partial charge in [0.25, 0.3) is 0 Å². The van der Waals surface area contributed by atoms with E-state index in [0.717, 1.165) is 25.9 Å². The largest absolute Gasteiger partial charge is 0.317 e. The Bertz CT molecular complexity index is 287. The van der Waals surface area contributed by atoms with Crippen molar-refractivity contribution >= 4 is 21.8 Å². The minimum Gasteiger partial charge on any atom is -0.317 e. The van der Waals surface area contributed by atoms with Crippen LogP contribution < -0.4 is 10.0 Å². The fraction of sp³-hybridized carbons (Fsp3) is 1.00. The third-order valence-corrected chi connectivity index (χ3v) is 5.40. The fourth-order valence-electron chi connectivity index (χ4n) is 1.75. The van der Waals surface area contributed by atoms with Crippen molar-refractivity contribution in [2.24, 2.45) is 5.92 Å². The molecule has 0 amide bonds. The molecule has 0 saturated carbocycles. The SMILES string of the molecule is CSC(C)CNS(=O)(=O)CC1CCNCC1. The Morgan fingerprint density at radius 2 is 2.06 bits per heavy atom. The molecule has 1 rings (SSSR count). The molecule has 1 aliphatic rings. The van der Waals surface area contributed by atoms with Crippen molar-refractivity contribution in [1.82, 2.24) is 10.0 Å². The number of nitrogens with one attached hydrogen (secondary N) is 2. The summed E-state index contributed by atoms with van der Waals surface area (Å²) in [5.41, 5.74) is 0. The summed E-state index contributed by atoms with van der Waals surface area (Å²) in [6, 6.07) is 0. The Morgan fingerprint density at radius 1 is 1.44 bits per heavy atom. The Morgan fingerprint density at radius 3 is 2.62 bits per heavy atom. The molecule has 16 heavy (non-hydrogen) atoms. The highest BCUT2D eigenvalue weighted by Crippen LogP contribution is 2.13. The van der Waals surface area contributed by atoms with E-state index < -0.39 is 10.0 Å². The lowest BCUT2D eigenvalue weighted by molar-refractivity contribution is 0.400. The number of hydrogen-bond donors (Lipinski definition) is 2. The van der Waals surface area contributed by atoms with E-state index in [9.17, 15) is 8.42 Å². The van der Waals surface area contributed by atoms with E-state index >= 15 is 0 Å². The molecule has 0 bridgehead atoms. The van der Waals surface area contributed by atoms with Gasteiger partial charge in [0.1, 0.15) is 0 Å². The van der Waals surface area contributed by atoms with E-state index in [4.69, 9.17) is 0 Å². The number of sulfonamides is 1. The Labute approximate surface area is 103 Å². The van der Waals surface area contributed by atoms with Gasteiger partial charge < -0.3 is 5.32 Å². The molecule has 96 valence electrons. The lowest BCUT2D eigenvalue weighted by Crippen LogP contribution is -2.37. The van der Waals surface area contributed by atoms with Crippen LogP contribution in [-0.2, 0) is 10.0 Å². The predicted octanol–water partition coefficient (Wildman–Crippen LogP) is 0.657. The van der Waals surface area contributed by atoms with Crippen molar-refractivity contribution in [3.8, 4) is 0 Å². The van der Waals surface area contributed by atoms with Crippen LogP contribution in [0.25, 0.3) is 0 Å². The van der Waals surface area contributed by atoms with Gasteiger partial charge in [0.15, 0.2) is 0 Å². The van der Waals surface area contributed by atoms with Gasteiger partial charge in [-0.1, -0.05) is 6.92 Å². The minimum absolute atomic E-state index is 0.287. The molecule has 4 nitrogen and oxygen atoms in total. The molecule has 1 atom stereocenters. The summed E-state index contributed by atoms with van der Waals surface area (Å²) in [5, 5.41) is 3.58. The van der Waals surface area contributed by atoms with E-state index in [-0.39, 0.29) is 5.75 Å². The summed E-state index contributed by atoms with van der Waals surface area (Å²) >= 11 is 1.67. The Balaban J connectivity index is 2.32. The van der Waals surface area contributed by atoms with Crippen LogP contribution >= 0.6 is 11.8 Å². The van der Waals surface area contributed by atoms with Crippen LogP contribution in [0.1, 0.15) is 19.8 Å². The highest BCUT2D eigenvalue weighted by atomic mass is 32.2. The van der Waals surface area contributed by atoms with Crippen LogP contribution in [0.15, 0.2) is 0 Å². The number of piperidine rings is 1. The molecule has 1 heterocycles. The molecule has 6 heteroatoms. The van der Waals surface area contributed by atoms with Gasteiger partial charge in [0.05, 0.1) is 5.75 Å². The number of rotatable bonds is 6. The smallest absolute Gasteiger partial charge is 0.211 e. The molecule has 1 aliphatic heterocycles. The van der Waals surface area contributed by atoms with E-state index in [1.54, 1.807) is 11.8 Å². The first kappa shape index (κ1) is 14.3. The van der Waals surface area contributed by atoms with Crippen LogP contribution in [0.3, 0.4) is 0 Å². The molecule has 0 aliphatic carbocycles. The van der Waals surface area contributed by atoms with Gasteiger partial charge in [0, 0.05) is 11.8 Å². The van der Waals surface area contributed by atoms with Gasteiger partial charge in [-0.05, 0) is 38.1 Å². The molecular formula is C10H22N2O2S2. The fourth-order valence-corrected chi connectivity index (χ4v) is 3.68. The van der Waals surface area contributed by atoms with Crippen LogP contribution in [0.2, 0.25) is 0 Å². The van der Waals surface area contributed by atoms with Crippen LogP contribution in [0.5, 0.6) is 0 Å². The molecule has 0 aromatic rings. The third-order valence-electron chi connectivity index (χ3n) is 2.91. The first-order valence-corrected chi connectivity index (χ1v) is 8.68. The molecule has 1 saturated heterocycles. The molecule has 0 aromatic carbocycles. The highest BCUT2D eigenvalue weighted by molar-refractivity contribution is 7.99. The van der Waals surface area contributed by atoms with Gasteiger partial charge in [0.2, 0.25) is 10.0 Å². The molecule has 1 unspecified atom stereocenters. The average Bonchev–Trinajstić information content (AvgIpc) is 2.27. The second-order valence-electron chi connectivity index (χ2n) is 4.37. The summed E-state index contributed by atoms with van der Waals surface area (Å²) < 4.78 is 26.2. The van der Waals surface area contributed by atoms with Crippen LogP contribution in [0.4, 0.5) is 0 Å². The monoisotopic (exact) mass is 266 g/mol. The van der Waals surface area contributed by atoms with Gasteiger partial charge in [-0.3, -0.25) is 0 Å². The quantitative estimate of drug-likeness (QED) is 0.741. The minimum atomic E-state index is -3.08. The second kappa shape index (κ2) is 6.83. The summed E-state index contributed by atoms with van der Waals surface area (Å²) in [4.78, 5) is 0. The maximum atomic E-state index is 11.8. The van der Waals surface area contributed by atoms with Gasteiger partial charge in [-0.25, -0.2) is 13.1 Å². The summed E-state index contributed by atoms with van der Waals surface area (Å²) in [5.74, 6) is 0.610. The lowest BCUT2D eigenvalue weighted by atomic mass is 10.0. The van der Waals surface area contributed by atoms with E-state index in [1.165, 1.54) is 0 Å². The van der Waals surface area contributed by atoms with Crippen LogP contribution in [0, 0.1) is 5.92 Å². The maximum absolute atomic E-state index is 11.8. The first-order chi connectivity index (χ1) is 7.53. The topological polar surface area (TPSA) is 58.2 Å². The van der Waals surface area contributed by atoms with Gasteiger partial charge in [-0.2, -0.15) is 11.8 Å². The number of hydrogen-bond acceptors (Lipinski definition) is 4. The average molecular weight is 266 g/mol. The molecule has 0 spiro atoms. The first-order valence-electron chi connectivity index (χ1n) is 5.74. The van der Waals surface area contributed by atoms with Crippen molar-refractivity contribution in [3.63, 3.8) is 0 Å². The number of thioether (sulfide) groups is 1. The van der Waals surface area contributed by atoms with Gasteiger partial charge in [-0.15, -0.1) is 0 Å². The molecule has 0 aromatic heterocycles. The zero-order valence-electron chi connectivity index (χ0n) is 10.0. The van der Waals surface area contributed by atoms with Crippen molar-refractivity contribution in [2.75, 3.05) is 31.6 Å². The van der Waals surface area contributed by atoms with E-state index in [0.29, 0.717) is 17.7 Å². The molecule has 0 radical (unpaired) electrons. The normalized spacial score (nSPS) is 20.9. The Kier molecular flexibility index (Phi) is 6.10. The summed E-state index contributed by atoms with van der Waals surface area (Å²) in [6.45, 7) is 4.45. The van der Waals surface area contributed by atoms with Crippen molar-refractivity contribution < 1.29 is 8.42 Å². The summed E-state index contributed by atoms with van der Waals surface area (Å²) in [7, 11) is -3.08. The van der Waals surface area contributed by atoms with Crippen molar-refractivity contribution in [2.45, 2.75) is 25.0 Å². The summed E-state index contributed by atoms with van der Waals surface area (Å²) in [6.07, 6.45) is 3.93. The van der Waals surface area contributed by atoms with Gasteiger partial charge >= 0.3 is 0 Å². The molecule has 1 fully saturated rings. The maximum Gasteiger partial charge on any atom is 0.211 e. The molecule has 2 N–H and O–H groups in total. The zero-order chi connectivity index (χ0) is 12.0. The second-order valence-corrected chi connectivity index (χ2v) is 7.50. The lowest BCUT2D eigenvalue weighted by Gasteiger charge is -2.22. The van der Waals surface area contributed by atoms with Crippen molar-refractivity contribution in [3.05, 3.63) is 0 Å². The van der Waals surface area contributed by atoms with E-state index in [2.05, 4.69) is 10.0 Å². The third kappa shape index (κ3) is 5.52. The zero-order valence-corrected chi connectivity index (χ0v) is 11.7. The van der Waals surface area contributed by atoms with E-state index in [1.807, 2.05) is 13.2 Å². The standard InChI is InChI=1S/C10H22N2O2S2/c1-9(15-2)7-12-16(13,14)8-10-3-5-11-6-4-10/h9-12H,3-8H2,1-2H3. The predicted molar refractivity (Wildman–Crippen MR) is 70.4 cm³/mol. The highest BCUT2D eigenvalue weighted by Gasteiger charge is 2.21. The Hall–Kier alpha value is 0.220.